The van der Waals surface area contributed by atoms with Crippen molar-refractivity contribution in [3.8, 4) is 0 Å². The Bertz CT molecular complexity index is 509. The lowest BCUT2D eigenvalue weighted by Gasteiger charge is -2.08. The molecule has 1 aromatic heterocycles. The predicted octanol–water partition coefficient (Wildman–Crippen LogP) is 4.31. The van der Waals surface area contributed by atoms with Crippen LogP contribution in [-0.4, -0.2) is 4.98 Å². The van der Waals surface area contributed by atoms with Crippen LogP contribution in [0.15, 0.2) is 36.5 Å². The molecule has 2 rings (SSSR count). The molecule has 0 aliphatic heterocycles. The van der Waals surface area contributed by atoms with Crippen LogP contribution in [0.4, 0.5) is 5.69 Å². The van der Waals surface area contributed by atoms with Crippen LogP contribution in [0.2, 0.25) is 10.0 Å². The highest BCUT2D eigenvalue weighted by atomic mass is 35.5. The number of benzene rings is 1. The molecule has 1 aromatic carbocycles. The highest BCUT2D eigenvalue weighted by Gasteiger charge is 2.01. The van der Waals surface area contributed by atoms with Crippen LogP contribution in [-0.2, 0) is 6.54 Å². The number of rotatable bonds is 3. The molecule has 0 aliphatic carbocycles. The SMILES string of the molecule is Cc1ccc(CNc2ccc(Cl)cc2Cl)nc1. The number of hydrogen-bond acceptors (Lipinski definition) is 2. The Hall–Kier alpha value is -1.25. The predicted molar refractivity (Wildman–Crippen MR) is 72.8 cm³/mol. The van der Waals surface area contributed by atoms with Crippen LogP contribution in [0.3, 0.4) is 0 Å². The fraction of sp³-hybridized carbons (Fsp3) is 0.154. The Labute approximate surface area is 111 Å². The number of aryl methyl sites for hydroxylation is 1. The maximum atomic E-state index is 6.05. The van der Waals surface area contributed by atoms with E-state index in [1.165, 1.54) is 0 Å². The van der Waals surface area contributed by atoms with Crippen LogP contribution in [0.25, 0.3) is 0 Å². The quantitative estimate of drug-likeness (QED) is 0.896. The van der Waals surface area contributed by atoms with E-state index in [2.05, 4.69) is 10.3 Å². The Morgan fingerprint density at radius 2 is 2.00 bits per heavy atom. The molecule has 0 aliphatic rings. The van der Waals surface area contributed by atoms with E-state index >= 15 is 0 Å². The summed E-state index contributed by atoms with van der Waals surface area (Å²) in [4.78, 5) is 4.31. The number of halogens is 2. The van der Waals surface area contributed by atoms with E-state index in [1.54, 1.807) is 12.1 Å². The van der Waals surface area contributed by atoms with Gasteiger partial charge in [-0.3, -0.25) is 4.98 Å². The molecular weight excluding hydrogens is 255 g/mol. The first kappa shape index (κ1) is 12.2. The minimum atomic E-state index is 0.615. The molecule has 1 N–H and O–H groups in total. The van der Waals surface area contributed by atoms with Gasteiger partial charge in [0.1, 0.15) is 0 Å². The van der Waals surface area contributed by atoms with Gasteiger partial charge in [0.15, 0.2) is 0 Å². The lowest BCUT2D eigenvalue weighted by Crippen LogP contribution is -2.01. The highest BCUT2D eigenvalue weighted by molar-refractivity contribution is 6.36. The molecule has 0 radical (unpaired) electrons. The summed E-state index contributed by atoms with van der Waals surface area (Å²) in [6.07, 6.45) is 1.85. The first-order valence-corrected chi connectivity index (χ1v) is 6.01. The molecule has 17 heavy (non-hydrogen) atoms. The molecule has 0 saturated heterocycles. The van der Waals surface area contributed by atoms with Gasteiger partial charge in [0.25, 0.3) is 0 Å². The molecule has 0 atom stereocenters. The van der Waals surface area contributed by atoms with Gasteiger partial charge in [-0.05, 0) is 36.8 Å². The second kappa shape index (κ2) is 5.39. The van der Waals surface area contributed by atoms with Crippen molar-refractivity contribution in [2.45, 2.75) is 13.5 Å². The first-order valence-electron chi connectivity index (χ1n) is 5.25. The third kappa shape index (κ3) is 3.35. The summed E-state index contributed by atoms with van der Waals surface area (Å²) in [6.45, 7) is 2.65. The van der Waals surface area contributed by atoms with E-state index in [1.807, 2.05) is 31.3 Å². The number of aromatic nitrogens is 1. The average Bonchev–Trinajstić information content (AvgIpc) is 2.30. The van der Waals surface area contributed by atoms with Gasteiger partial charge in [-0.25, -0.2) is 0 Å². The number of anilines is 1. The summed E-state index contributed by atoms with van der Waals surface area (Å²) in [7, 11) is 0. The maximum absolute atomic E-state index is 6.05. The summed E-state index contributed by atoms with van der Waals surface area (Å²) in [6, 6.07) is 9.41. The monoisotopic (exact) mass is 266 g/mol. The molecule has 0 amide bonds. The Kier molecular flexibility index (Phi) is 3.87. The third-order valence-corrected chi connectivity index (χ3v) is 2.91. The van der Waals surface area contributed by atoms with Gasteiger partial charge in [0.05, 0.1) is 22.9 Å². The van der Waals surface area contributed by atoms with E-state index in [0.29, 0.717) is 16.6 Å². The number of pyridine rings is 1. The molecule has 0 fully saturated rings. The van der Waals surface area contributed by atoms with E-state index < -0.39 is 0 Å². The average molecular weight is 267 g/mol. The van der Waals surface area contributed by atoms with Crippen molar-refractivity contribution in [3.63, 3.8) is 0 Å². The molecule has 0 bridgehead atoms. The number of nitrogens with zero attached hydrogens (tertiary/aromatic N) is 1. The van der Waals surface area contributed by atoms with Crippen molar-refractivity contribution in [2.75, 3.05) is 5.32 Å². The van der Waals surface area contributed by atoms with Gasteiger partial charge >= 0.3 is 0 Å². The van der Waals surface area contributed by atoms with Crippen molar-refractivity contribution in [2.24, 2.45) is 0 Å². The lowest BCUT2D eigenvalue weighted by atomic mass is 10.2. The van der Waals surface area contributed by atoms with Crippen LogP contribution in [0, 0.1) is 6.92 Å². The Balaban J connectivity index is 2.04. The summed E-state index contributed by atoms with van der Waals surface area (Å²) < 4.78 is 0. The van der Waals surface area contributed by atoms with Crippen molar-refractivity contribution in [1.29, 1.82) is 0 Å². The maximum Gasteiger partial charge on any atom is 0.0652 e. The summed E-state index contributed by atoms with van der Waals surface area (Å²) in [5, 5.41) is 4.47. The van der Waals surface area contributed by atoms with Crippen molar-refractivity contribution in [1.82, 2.24) is 4.98 Å². The van der Waals surface area contributed by atoms with Gasteiger partial charge in [-0.2, -0.15) is 0 Å². The molecule has 0 spiro atoms. The molecule has 1 heterocycles. The molecule has 88 valence electrons. The molecule has 2 aromatic rings. The van der Waals surface area contributed by atoms with Gasteiger partial charge < -0.3 is 5.32 Å². The highest BCUT2D eigenvalue weighted by Crippen LogP contribution is 2.25. The largest absolute Gasteiger partial charge is 0.378 e. The topological polar surface area (TPSA) is 24.9 Å². The number of hydrogen-bond donors (Lipinski definition) is 1. The van der Waals surface area contributed by atoms with Crippen LogP contribution in [0.5, 0.6) is 0 Å². The summed E-state index contributed by atoms with van der Waals surface area (Å²) in [5.41, 5.74) is 2.98. The van der Waals surface area contributed by atoms with E-state index in [-0.39, 0.29) is 0 Å². The van der Waals surface area contributed by atoms with Crippen LogP contribution >= 0.6 is 23.2 Å². The second-order valence-electron chi connectivity index (χ2n) is 3.80. The minimum absolute atomic E-state index is 0.615. The smallest absolute Gasteiger partial charge is 0.0652 e. The van der Waals surface area contributed by atoms with Gasteiger partial charge in [-0.15, -0.1) is 0 Å². The Morgan fingerprint density at radius 1 is 1.18 bits per heavy atom. The van der Waals surface area contributed by atoms with Gasteiger partial charge in [-0.1, -0.05) is 29.3 Å². The summed E-state index contributed by atoms with van der Waals surface area (Å²) >= 11 is 11.9. The van der Waals surface area contributed by atoms with Gasteiger partial charge in [0.2, 0.25) is 0 Å². The lowest BCUT2D eigenvalue weighted by molar-refractivity contribution is 1.04. The fourth-order valence-corrected chi connectivity index (χ4v) is 1.90. The second-order valence-corrected chi connectivity index (χ2v) is 4.65. The fourth-order valence-electron chi connectivity index (χ4n) is 1.42. The van der Waals surface area contributed by atoms with Crippen molar-refractivity contribution in [3.05, 3.63) is 57.8 Å². The standard InChI is InChI=1S/C13H12Cl2N2/c1-9-2-4-11(16-7-9)8-17-13-5-3-10(14)6-12(13)15/h2-7,17H,8H2,1H3. The van der Waals surface area contributed by atoms with Crippen LogP contribution < -0.4 is 5.32 Å². The molecule has 4 heteroatoms. The van der Waals surface area contributed by atoms with Crippen molar-refractivity contribution < 1.29 is 0 Å². The zero-order valence-electron chi connectivity index (χ0n) is 9.37. The third-order valence-electron chi connectivity index (χ3n) is 2.36. The normalized spacial score (nSPS) is 10.3. The molecular formula is C13H12Cl2N2. The van der Waals surface area contributed by atoms with E-state index in [9.17, 15) is 0 Å². The van der Waals surface area contributed by atoms with Crippen LogP contribution in [0.1, 0.15) is 11.3 Å². The molecule has 0 unspecified atom stereocenters. The van der Waals surface area contributed by atoms with E-state index in [4.69, 9.17) is 23.2 Å². The molecule has 0 saturated carbocycles. The molecule has 2 nitrogen and oxygen atoms in total. The van der Waals surface area contributed by atoms with Crippen molar-refractivity contribution >= 4 is 28.9 Å². The Morgan fingerprint density at radius 3 is 2.65 bits per heavy atom. The minimum Gasteiger partial charge on any atom is -0.378 e. The van der Waals surface area contributed by atoms with E-state index in [0.717, 1.165) is 16.9 Å². The number of nitrogens with one attached hydrogen (secondary N) is 1. The zero-order valence-corrected chi connectivity index (χ0v) is 10.9. The first-order chi connectivity index (χ1) is 8.15. The summed E-state index contributed by atoms with van der Waals surface area (Å²) in [5.74, 6) is 0. The van der Waals surface area contributed by atoms with Gasteiger partial charge in [0, 0.05) is 11.2 Å². The zero-order chi connectivity index (χ0) is 12.3.